The summed E-state index contributed by atoms with van der Waals surface area (Å²) in [6, 6.07) is 8.63. The number of halogens is 2. The quantitative estimate of drug-likeness (QED) is 0.908. The number of hydrogen-bond acceptors (Lipinski definition) is 2. The van der Waals surface area contributed by atoms with E-state index < -0.39 is 12.0 Å². The number of hydrogen-bond donors (Lipinski definition) is 1. The van der Waals surface area contributed by atoms with Crippen LogP contribution in [-0.4, -0.2) is 13.2 Å². The highest BCUT2D eigenvalue weighted by molar-refractivity contribution is 5.84. The summed E-state index contributed by atoms with van der Waals surface area (Å²) in [6.07, 6.45) is 0. The Morgan fingerprint density at radius 1 is 1.11 bits per heavy atom. The van der Waals surface area contributed by atoms with Gasteiger partial charge in [0.25, 0.3) is 5.92 Å². The van der Waals surface area contributed by atoms with Gasteiger partial charge in [0.15, 0.2) is 0 Å². The first-order valence-electron chi connectivity index (χ1n) is 5.67. The van der Waals surface area contributed by atoms with Crippen molar-refractivity contribution < 1.29 is 13.5 Å². The molecule has 0 aromatic heterocycles. The number of alkyl halides is 2. The van der Waals surface area contributed by atoms with Crippen LogP contribution in [0, 0.1) is 0 Å². The maximum atomic E-state index is 13.8. The third kappa shape index (κ3) is 2.16. The zero-order valence-corrected chi connectivity index (χ0v) is 10.3. The smallest absolute Gasteiger partial charge is 0.287 e. The van der Waals surface area contributed by atoms with Gasteiger partial charge in [-0.05, 0) is 35.9 Å². The number of benzene rings is 2. The van der Waals surface area contributed by atoms with Crippen molar-refractivity contribution in [3.05, 3.63) is 42.0 Å². The summed E-state index contributed by atoms with van der Waals surface area (Å²) in [7, 11) is 1.57. The van der Waals surface area contributed by atoms with E-state index >= 15 is 0 Å². The van der Waals surface area contributed by atoms with Crippen LogP contribution in [0.15, 0.2) is 36.4 Å². The van der Waals surface area contributed by atoms with Gasteiger partial charge in [0.05, 0.1) is 13.2 Å². The van der Waals surface area contributed by atoms with Gasteiger partial charge in [-0.2, -0.15) is 8.78 Å². The molecule has 0 amide bonds. The van der Waals surface area contributed by atoms with Gasteiger partial charge < -0.3 is 10.5 Å². The van der Waals surface area contributed by atoms with Crippen LogP contribution in [0.2, 0.25) is 0 Å². The molecule has 1 unspecified atom stereocenters. The molecule has 0 aliphatic carbocycles. The molecule has 0 spiro atoms. The molecule has 0 aliphatic rings. The first-order valence-corrected chi connectivity index (χ1v) is 5.67. The third-order valence-corrected chi connectivity index (χ3v) is 3.00. The van der Waals surface area contributed by atoms with Crippen molar-refractivity contribution in [3.8, 4) is 5.75 Å². The van der Waals surface area contributed by atoms with Crippen LogP contribution in [0.5, 0.6) is 5.75 Å². The van der Waals surface area contributed by atoms with Crippen molar-refractivity contribution >= 4 is 10.8 Å². The Hall–Kier alpha value is -1.68. The molecule has 0 aliphatic heterocycles. The van der Waals surface area contributed by atoms with Gasteiger partial charge in [-0.1, -0.05) is 18.2 Å². The molecule has 2 N–H and O–H groups in total. The fourth-order valence-electron chi connectivity index (χ4n) is 1.82. The summed E-state index contributed by atoms with van der Waals surface area (Å²) in [5, 5.41) is 1.60. The van der Waals surface area contributed by atoms with Crippen LogP contribution < -0.4 is 10.5 Å². The Morgan fingerprint density at radius 3 is 2.33 bits per heavy atom. The van der Waals surface area contributed by atoms with Crippen LogP contribution in [0.3, 0.4) is 0 Å². The predicted molar refractivity (Wildman–Crippen MR) is 68.0 cm³/mol. The minimum Gasteiger partial charge on any atom is -0.497 e. The molecule has 18 heavy (non-hydrogen) atoms. The number of rotatable bonds is 3. The zero-order valence-electron chi connectivity index (χ0n) is 10.3. The molecule has 0 saturated heterocycles. The number of nitrogens with two attached hydrogens (primary N) is 1. The van der Waals surface area contributed by atoms with Gasteiger partial charge >= 0.3 is 0 Å². The van der Waals surface area contributed by atoms with Gasteiger partial charge in [-0.3, -0.25) is 0 Å². The van der Waals surface area contributed by atoms with E-state index in [1.54, 1.807) is 25.3 Å². The lowest BCUT2D eigenvalue weighted by Crippen LogP contribution is -2.35. The average molecular weight is 251 g/mol. The molecule has 96 valence electrons. The fourth-order valence-corrected chi connectivity index (χ4v) is 1.82. The standard InChI is InChI=1S/C14H15F2NO/c1-9(17)14(15,16)12-5-3-11-8-13(18-2)6-4-10(11)7-12/h3-9H,17H2,1-2H3. The van der Waals surface area contributed by atoms with E-state index in [2.05, 4.69) is 0 Å². The summed E-state index contributed by atoms with van der Waals surface area (Å²) < 4.78 is 32.7. The average Bonchev–Trinajstić information content (AvgIpc) is 2.37. The first kappa shape index (κ1) is 12.8. The largest absolute Gasteiger partial charge is 0.497 e. The second-order valence-corrected chi connectivity index (χ2v) is 4.34. The Kier molecular flexibility index (Phi) is 3.22. The van der Waals surface area contributed by atoms with E-state index in [4.69, 9.17) is 10.5 Å². The maximum absolute atomic E-state index is 13.8. The number of methoxy groups -OCH3 is 1. The highest BCUT2D eigenvalue weighted by Crippen LogP contribution is 2.33. The number of ether oxygens (including phenoxy) is 1. The lowest BCUT2D eigenvalue weighted by molar-refractivity contribution is -0.0255. The molecule has 2 nitrogen and oxygen atoms in total. The Morgan fingerprint density at radius 2 is 1.72 bits per heavy atom. The number of fused-ring (bicyclic) bond motifs is 1. The van der Waals surface area contributed by atoms with Crippen molar-refractivity contribution in [1.82, 2.24) is 0 Å². The van der Waals surface area contributed by atoms with E-state index in [0.29, 0.717) is 5.75 Å². The van der Waals surface area contributed by atoms with Gasteiger partial charge in [-0.25, -0.2) is 0 Å². The molecular formula is C14H15F2NO. The minimum atomic E-state index is -3.02. The first-order chi connectivity index (χ1) is 8.45. The van der Waals surface area contributed by atoms with Crippen LogP contribution in [-0.2, 0) is 5.92 Å². The van der Waals surface area contributed by atoms with Crippen molar-refractivity contribution in [2.75, 3.05) is 7.11 Å². The summed E-state index contributed by atoms with van der Waals surface area (Å²) in [6.45, 7) is 1.30. The van der Waals surface area contributed by atoms with Gasteiger partial charge in [0.2, 0.25) is 0 Å². The Bertz CT molecular complexity index is 567. The predicted octanol–water partition coefficient (Wildman–Crippen LogP) is 3.29. The van der Waals surface area contributed by atoms with Gasteiger partial charge in [-0.15, -0.1) is 0 Å². The van der Waals surface area contributed by atoms with E-state index in [9.17, 15) is 8.78 Å². The van der Waals surface area contributed by atoms with Crippen molar-refractivity contribution in [1.29, 1.82) is 0 Å². The molecular weight excluding hydrogens is 236 g/mol. The lowest BCUT2D eigenvalue weighted by Gasteiger charge is -2.21. The Labute approximate surface area is 104 Å². The molecule has 0 heterocycles. The van der Waals surface area contributed by atoms with Crippen molar-refractivity contribution in [3.63, 3.8) is 0 Å². The normalized spacial score (nSPS) is 13.6. The van der Waals surface area contributed by atoms with E-state index in [0.717, 1.165) is 10.8 Å². The summed E-state index contributed by atoms with van der Waals surface area (Å²) in [5.74, 6) is -2.32. The molecule has 0 radical (unpaired) electrons. The van der Waals surface area contributed by atoms with Crippen LogP contribution in [0.1, 0.15) is 12.5 Å². The molecule has 1 atom stereocenters. The van der Waals surface area contributed by atoms with Crippen molar-refractivity contribution in [2.24, 2.45) is 5.73 Å². The minimum absolute atomic E-state index is 0.0600. The highest BCUT2D eigenvalue weighted by Gasteiger charge is 2.36. The van der Waals surface area contributed by atoms with E-state index in [-0.39, 0.29) is 5.56 Å². The third-order valence-electron chi connectivity index (χ3n) is 3.00. The van der Waals surface area contributed by atoms with Gasteiger partial charge in [0, 0.05) is 5.56 Å². The topological polar surface area (TPSA) is 35.2 Å². The summed E-state index contributed by atoms with van der Waals surface area (Å²) in [4.78, 5) is 0. The van der Waals surface area contributed by atoms with E-state index in [1.165, 1.54) is 19.1 Å². The SMILES string of the molecule is COc1ccc2cc(C(F)(F)C(C)N)ccc2c1. The highest BCUT2D eigenvalue weighted by atomic mass is 19.3. The van der Waals surface area contributed by atoms with Crippen LogP contribution in [0.4, 0.5) is 8.78 Å². The second kappa shape index (κ2) is 4.53. The van der Waals surface area contributed by atoms with E-state index in [1.807, 2.05) is 6.07 Å². The molecule has 2 aromatic carbocycles. The Balaban J connectivity index is 2.51. The molecule has 0 bridgehead atoms. The molecule has 2 rings (SSSR count). The fraction of sp³-hybridized carbons (Fsp3) is 0.286. The summed E-state index contributed by atoms with van der Waals surface area (Å²) in [5.41, 5.74) is 5.26. The molecule has 4 heteroatoms. The monoisotopic (exact) mass is 251 g/mol. The van der Waals surface area contributed by atoms with Crippen LogP contribution in [0.25, 0.3) is 10.8 Å². The maximum Gasteiger partial charge on any atom is 0.287 e. The second-order valence-electron chi connectivity index (χ2n) is 4.34. The molecule has 0 saturated carbocycles. The molecule has 2 aromatic rings. The zero-order chi connectivity index (χ0) is 13.3. The van der Waals surface area contributed by atoms with Crippen molar-refractivity contribution in [2.45, 2.75) is 18.9 Å². The molecule has 0 fully saturated rings. The lowest BCUT2D eigenvalue weighted by atomic mass is 9.99. The van der Waals surface area contributed by atoms with Crippen LogP contribution >= 0.6 is 0 Å². The van der Waals surface area contributed by atoms with Gasteiger partial charge in [0.1, 0.15) is 5.75 Å². The summed E-state index contributed by atoms with van der Waals surface area (Å²) >= 11 is 0.